The lowest BCUT2D eigenvalue weighted by Crippen LogP contribution is -2.16. The van der Waals surface area contributed by atoms with Crippen LogP contribution in [0.2, 0.25) is 0 Å². The second-order valence-corrected chi connectivity index (χ2v) is 10.2. The number of ether oxygens (including phenoxy) is 1. The van der Waals surface area contributed by atoms with Gasteiger partial charge in [-0.1, -0.05) is 24.3 Å². The number of imidazole rings is 1. The molecule has 0 saturated heterocycles. The van der Waals surface area contributed by atoms with Crippen LogP contribution in [0, 0.1) is 11.3 Å². The Morgan fingerprint density at radius 1 is 1.10 bits per heavy atom. The number of nitrogens with one attached hydrogen (secondary N) is 1. The molecule has 1 aromatic carbocycles. The quantitative estimate of drug-likeness (QED) is 0.306. The molecule has 10 nitrogen and oxygen atoms in total. The van der Waals surface area contributed by atoms with Gasteiger partial charge in [0.15, 0.2) is 11.5 Å². The van der Waals surface area contributed by atoms with Gasteiger partial charge in [0.25, 0.3) is 0 Å². The van der Waals surface area contributed by atoms with Crippen LogP contribution in [-0.2, 0) is 32.9 Å². The van der Waals surface area contributed by atoms with Crippen LogP contribution < -0.4 is 10.1 Å². The van der Waals surface area contributed by atoms with Gasteiger partial charge in [-0.25, -0.2) is 24.9 Å². The number of hydrogen-bond acceptors (Lipinski definition) is 9. The van der Waals surface area contributed by atoms with Crippen molar-refractivity contribution < 1.29 is 17.9 Å². The topological polar surface area (TPSA) is 118 Å². The Balaban J connectivity index is 1.30. The summed E-state index contributed by atoms with van der Waals surface area (Å²) in [6, 6.07) is 9.38. The average Bonchev–Trinajstić information content (AvgIpc) is 3.60. The number of benzene rings is 1. The summed E-state index contributed by atoms with van der Waals surface area (Å²) in [6.07, 6.45) is 0.0371. The van der Waals surface area contributed by atoms with Gasteiger partial charge in [-0.2, -0.15) is 18.4 Å². The van der Waals surface area contributed by atoms with E-state index in [-0.39, 0.29) is 12.4 Å². The van der Waals surface area contributed by atoms with Crippen molar-refractivity contribution in [2.75, 3.05) is 19.0 Å². The molecule has 0 bridgehead atoms. The first-order valence-corrected chi connectivity index (χ1v) is 13.1. The van der Waals surface area contributed by atoms with Crippen molar-refractivity contribution >= 4 is 5.82 Å². The van der Waals surface area contributed by atoms with Crippen LogP contribution in [0.25, 0.3) is 22.8 Å². The largest absolute Gasteiger partial charge is 0.480 e. The predicted molar refractivity (Wildman–Crippen MR) is 142 cm³/mol. The highest BCUT2D eigenvalue weighted by atomic mass is 19.4. The average molecular weight is 562 g/mol. The molecule has 13 heteroatoms. The minimum atomic E-state index is -4.51. The maximum Gasteiger partial charge on any atom is 0.434 e. The fraction of sp³-hybridized carbons (Fsp3) is 0.357. The molecular formula is C28H26F3N9O. The van der Waals surface area contributed by atoms with E-state index in [9.17, 15) is 18.4 Å². The first-order valence-electron chi connectivity index (χ1n) is 13.1. The summed E-state index contributed by atoms with van der Waals surface area (Å²) < 4.78 is 46.2. The molecule has 0 atom stereocenters. The maximum absolute atomic E-state index is 13.1. The standard InChI is InChI=1S/C28H26F3N9O/c1-39-14-21(28(29,30)31)37-26(39)18-5-3-16(4-6-18)11-33-24-19-12-40(10-9-32)13-20(19)36-25(38-24)22-23(17-7-8-17)34-15-35-27(22)41-2/h3-6,14-15,17H,7-8,10-13H2,1-2H3,(H,33,36,38). The van der Waals surface area contributed by atoms with E-state index >= 15 is 0 Å². The summed E-state index contributed by atoms with van der Waals surface area (Å²) in [5, 5.41) is 12.7. The van der Waals surface area contributed by atoms with Crippen LogP contribution >= 0.6 is 0 Å². The van der Waals surface area contributed by atoms with E-state index < -0.39 is 11.9 Å². The number of alkyl halides is 3. The number of halogens is 3. The molecular weight excluding hydrogens is 535 g/mol. The van der Waals surface area contributed by atoms with E-state index in [4.69, 9.17) is 14.7 Å². The van der Waals surface area contributed by atoms with Crippen molar-refractivity contribution in [1.29, 1.82) is 5.26 Å². The molecule has 1 saturated carbocycles. The Hall–Kier alpha value is -4.57. The molecule has 1 aliphatic heterocycles. The number of rotatable bonds is 8. The normalized spacial score (nSPS) is 15.0. The highest BCUT2D eigenvalue weighted by Crippen LogP contribution is 2.45. The molecule has 1 fully saturated rings. The van der Waals surface area contributed by atoms with Gasteiger partial charge in [0.05, 0.1) is 31.1 Å². The monoisotopic (exact) mass is 561 g/mol. The van der Waals surface area contributed by atoms with Crippen molar-refractivity contribution in [3.8, 4) is 34.7 Å². The third-order valence-electron chi connectivity index (χ3n) is 7.20. The van der Waals surface area contributed by atoms with Crippen LogP contribution in [0.1, 0.15) is 47.0 Å². The van der Waals surface area contributed by atoms with Gasteiger partial charge in [-0.15, -0.1) is 0 Å². The summed E-state index contributed by atoms with van der Waals surface area (Å²) >= 11 is 0. The van der Waals surface area contributed by atoms with Crippen LogP contribution in [0.4, 0.5) is 19.0 Å². The maximum atomic E-state index is 13.1. The van der Waals surface area contributed by atoms with Crippen molar-refractivity contribution in [1.82, 2.24) is 34.4 Å². The van der Waals surface area contributed by atoms with E-state index in [0.717, 1.165) is 41.6 Å². The molecule has 4 aromatic rings. The molecule has 210 valence electrons. The van der Waals surface area contributed by atoms with Gasteiger partial charge in [0.2, 0.25) is 5.88 Å². The van der Waals surface area contributed by atoms with E-state index in [2.05, 4.69) is 26.3 Å². The molecule has 2 aliphatic rings. The van der Waals surface area contributed by atoms with Crippen LogP contribution in [0.5, 0.6) is 5.88 Å². The van der Waals surface area contributed by atoms with E-state index in [1.54, 1.807) is 19.2 Å². The number of anilines is 1. The number of nitrogens with zero attached hydrogens (tertiary/aromatic N) is 8. The molecule has 1 aliphatic carbocycles. The minimum Gasteiger partial charge on any atom is -0.480 e. The zero-order chi connectivity index (χ0) is 28.7. The van der Waals surface area contributed by atoms with Gasteiger partial charge in [-0.05, 0) is 18.4 Å². The molecule has 6 rings (SSSR count). The summed E-state index contributed by atoms with van der Waals surface area (Å²) in [4.78, 5) is 24.4. The SMILES string of the molecule is COc1ncnc(C2CC2)c1-c1nc2c(c(NCc3ccc(-c4nc(C(F)(F)F)cn4C)cc3)n1)CN(CC#N)C2. The van der Waals surface area contributed by atoms with Crippen molar-refractivity contribution in [2.24, 2.45) is 7.05 Å². The number of aryl methyl sites for hydroxylation is 1. The molecule has 41 heavy (non-hydrogen) atoms. The fourth-order valence-corrected chi connectivity index (χ4v) is 5.03. The van der Waals surface area contributed by atoms with E-state index in [1.165, 1.54) is 17.9 Å². The van der Waals surface area contributed by atoms with Crippen LogP contribution in [-0.4, -0.2) is 48.0 Å². The minimum absolute atomic E-state index is 0.234. The second-order valence-electron chi connectivity index (χ2n) is 10.2. The summed E-state index contributed by atoms with van der Waals surface area (Å²) in [6.45, 7) is 1.72. The Labute approximate surface area is 233 Å². The Bertz CT molecular complexity index is 1640. The van der Waals surface area contributed by atoms with Gasteiger partial charge < -0.3 is 14.6 Å². The Kier molecular flexibility index (Phi) is 6.78. The number of hydrogen-bond donors (Lipinski definition) is 1. The van der Waals surface area contributed by atoms with Gasteiger partial charge in [-0.3, -0.25) is 4.90 Å². The third kappa shape index (κ3) is 5.30. The second kappa shape index (κ2) is 10.4. The van der Waals surface area contributed by atoms with Crippen LogP contribution in [0.15, 0.2) is 36.8 Å². The van der Waals surface area contributed by atoms with Crippen molar-refractivity contribution in [2.45, 2.75) is 44.6 Å². The smallest absolute Gasteiger partial charge is 0.434 e. The lowest BCUT2D eigenvalue weighted by atomic mass is 10.1. The zero-order valence-electron chi connectivity index (χ0n) is 22.4. The highest BCUT2D eigenvalue weighted by molar-refractivity contribution is 5.68. The first kappa shape index (κ1) is 26.6. The lowest BCUT2D eigenvalue weighted by Gasteiger charge is -2.15. The predicted octanol–water partition coefficient (Wildman–Crippen LogP) is 4.69. The van der Waals surface area contributed by atoms with E-state index in [0.29, 0.717) is 54.2 Å². The zero-order valence-corrected chi connectivity index (χ0v) is 22.4. The number of nitriles is 1. The molecule has 0 radical (unpaired) electrons. The summed E-state index contributed by atoms with van der Waals surface area (Å²) in [7, 11) is 3.10. The van der Waals surface area contributed by atoms with Crippen molar-refractivity contribution in [3.05, 3.63) is 65.0 Å². The summed E-state index contributed by atoms with van der Waals surface area (Å²) in [5.74, 6) is 2.07. The van der Waals surface area contributed by atoms with E-state index in [1.807, 2.05) is 17.0 Å². The van der Waals surface area contributed by atoms with Gasteiger partial charge in [0, 0.05) is 49.9 Å². The molecule has 0 unspecified atom stereocenters. The first-order chi connectivity index (χ1) is 19.7. The fourth-order valence-electron chi connectivity index (χ4n) is 5.03. The Morgan fingerprint density at radius 2 is 1.88 bits per heavy atom. The molecule has 4 heterocycles. The number of aromatic nitrogens is 6. The van der Waals surface area contributed by atoms with Crippen LogP contribution in [0.3, 0.4) is 0 Å². The lowest BCUT2D eigenvalue weighted by molar-refractivity contribution is -0.140. The molecule has 0 amide bonds. The van der Waals surface area contributed by atoms with Gasteiger partial charge >= 0.3 is 6.18 Å². The highest BCUT2D eigenvalue weighted by Gasteiger charge is 2.35. The van der Waals surface area contributed by atoms with Gasteiger partial charge in [0.1, 0.15) is 23.5 Å². The number of methoxy groups -OCH3 is 1. The third-order valence-corrected chi connectivity index (χ3v) is 7.20. The summed E-state index contributed by atoms with van der Waals surface area (Å²) in [5.41, 5.74) is 3.84. The van der Waals surface area contributed by atoms with Crippen molar-refractivity contribution in [3.63, 3.8) is 0 Å². The Morgan fingerprint density at radius 3 is 2.54 bits per heavy atom. The molecule has 1 N–H and O–H groups in total. The molecule has 3 aromatic heterocycles. The molecule has 0 spiro atoms. The number of fused-ring (bicyclic) bond motifs is 1.